The van der Waals surface area contributed by atoms with Crippen molar-refractivity contribution in [3.63, 3.8) is 0 Å². The summed E-state index contributed by atoms with van der Waals surface area (Å²) in [6, 6.07) is 0. The van der Waals surface area contributed by atoms with Crippen molar-refractivity contribution in [1.29, 1.82) is 0 Å². The van der Waals surface area contributed by atoms with Crippen LogP contribution >= 0.6 is 11.3 Å². The molecule has 0 aliphatic carbocycles. The quantitative estimate of drug-likeness (QED) is 0.785. The molecular formula is C11H19N3O2S. The zero-order chi connectivity index (χ0) is 12.8. The van der Waals surface area contributed by atoms with E-state index in [2.05, 4.69) is 33.9 Å². The number of anilines is 1. The van der Waals surface area contributed by atoms with Crippen molar-refractivity contribution in [1.82, 2.24) is 9.88 Å². The van der Waals surface area contributed by atoms with E-state index >= 15 is 0 Å². The Morgan fingerprint density at radius 2 is 2.29 bits per heavy atom. The Balaban J connectivity index is 2.53. The van der Waals surface area contributed by atoms with Crippen molar-refractivity contribution in [3.05, 3.63) is 10.6 Å². The van der Waals surface area contributed by atoms with E-state index in [1.54, 1.807) is 0 Å². The first-order valence-electron chi connectivity index (χ1n) is 5.56. The van der Waals surface area contributed by atoms with Crippen LogP contribution in [-0.2, 0) is 4.74 Å². The van der Waals surface area contributed by atoms with E-state index in [1.807, 2.05) is 6.92 Å². The molecule has 0 amide bonds. The van der Waals surface area contributed by atoms with Crippen molar-refractivity contribution < 1.29 is 9.53 Å². The van der Waals surface area contributed by atoms with Gasteiger partial charge in [-0.15, -0.1) is 0 Å². The lowest BCUT2D eigenvalue weighted by Gasteiger charge is -2.13. The number of rotatable bonds is 6. The number of esters is 1. The molecule has 6 heteroatoms. The maximum Gasteiger partial charge on any atom is 0.350 e. The number of ether oxygens (including phenoxy) is 1. The van der Waals surface area contributed by atoms with E-state index in [9.17, 15) is 4.79 Å². The Morgan fingerprint density at radius 1 is 1.59 bits per heavy atom. The molecule has 0 aromatic carbocycles. The normalized spacial score (nSPS) is 10.6. The fraction of sp³-hybridized carbons (Fsp3) is 0.636. The van der Waals surface area contributed by atoms with Gasteiger partial charge in [0.15, 0.2) is 5.13 Å². The Kier molecular flexibility index (Phi) is 5.37. The van der Waals surface area contributed by atoms with Gasteiger partial charge >= 0.3 is 5.97 Å². The topological polar surface area (TPSA) is 54.5 Å². The van der Waals surface area contributed by atoms with Gasteiger partial charge in [-0.1, -0.05) is 18.3 Å². The maximum absolute atomic E-state index is 11.4. The molecule has 0 fully saturated rings. The second kappa shape index (κ2) is 6.56. The van der Waals surface area contributed by atoms with Gasteiger partial charge in [0.1, 0.15) is 4.88 Å². The number of hydrogen-bond donors (Lipinski definition) is 1. The van der Waals surface area contributed by atoms with E-state index in [0.717, 1.165) is 24.8 Å². The first kappa shape index (κ1) is 13.9. The smallest absolute Gasteiger partial charge is 0.350 e. The van der Waals surface area contributed by atoms with Crippen molar-refractivity contribution in [3.8, 4) is 0 Å². The lowest BCUT2D eigenvalue weighted by atomic mass is 10.4. The van der Waals surface area contributed by atoms with Crippen LogP contribution < -0.4 is 5.32 Å². The Labute approximate surface area is 106 Å². The van der Waals surface area contributed by atoms with Crippen LogP contribution in [0.2, 0.25) is 0 Å². The Morgan fingerprint density at radius 3 is 2.88 bits per heavy atom. The zero-order valence-corrected chi connectivity index (χ0v) is 11.6. The van der Waals surface area contributed by atoms with Crippen molar-refractivity contribution >= 4 is 22.4 Å². The van der Waals surface area contributed by atoms with Gasteiger partial charge in [-0.3, -0.25) is 0 Å². The molecule has 1 aromatic heterocycles. The molecule has 0 saturated carbocycles. The summed E-state index contributed by atoms with van der Waals surface area (Å²) in [5, 5.41) is 3.98. The Hall–Kier alpha value is -1.14. The molecule has 5 nitrogen and oxygen atoms in total. The van der Waals surface area contributed by atoms with Crippen LogP contribution in [0, 0.1) is 6.92 Å². The van der Waals surface area contributed by atoms with Crippen LogP contribution in [0.3, 0.4) is 0 Å². The molecule has 17 heavy (non-hydrogen) atoms. The minimum atomic E-state index is -0.321. The molecule has 0 atom stereocenters. The molecular weight excluding hydrogens is 238 g/mol. The van der Waals surface area contributed by atoms with Gasteiger partial charge in [-0.05, 0) is 20.5 Å². The van der Waals surface area contributed by atoms with E-state index in [0.29, 0.717) is 10.6 Å². The standard InChI is InChI=1S/C11H19N3O2S/c1-5-14(3)7-6-12-11-13-8(2)9(17-11)10(15)16-4/h5-7H2,1-4H3,(H,12,13). The van der Waals surface area contributed by atoms with E-state index < -0.39 is 0 Å². The largest absolute Gasteiger partial charge is 0.465 e. The van der Waals surface area contributed by atoms with Crippen molar-refractivity contribution in [2.45, 2.75) is 13.8 Å². The molecule has 0 spiro atoms. The first-order valence-corrected chi connectivity index (χ1v) is 6.38. The number of methoxy groups -OCH3 is 1. The molecule has 0 bridgehead atoms. The third-order valence-corrected chi connectivity index (χ3v) is 3.57. The number of nitrogens with one attached hydrogen (secondary N) is 1. The number of thiazole rings is 1. The number of nitrogens with zero attached hydrogens (tertiary/aromatic N) is 2. The summed E-state index contributed by atoms with van der Waals surface area (Å²) in [5.41, 5.74) is 0.716. The highest BCUT2D eigenvalue weighted by Gasteiger charge is 2.15. The van der Waals surface area contributed by atoms with E-state index in [4.69, 9.17) is 0 Å². The van der Waals surface area contributed by atoms with Crippen LogP contribution in [0.15, 0.2) is 0 Å². The van der Waals surface area contributed by atoms with Gasteiger partial charge < -0.3 is 15.0 Å². The SMILES string of the molecule is CCN(C)CCNc1nc(C)c(C(=O)OC)s1. The second-order valence-corrected chi connectivity index (χ2v) is 4.75. The van der Waals surface area contributed by atoms with E-state index in [1.165, 1.54) is 18.4 Å². The lowest BCUT2D eigenvalue weighted by molar-refractivity contribution is 0.0605. The maximum atomic E-state index is 11.4. The summed E-state index contributed by atoms with van der Waals surface area (Å²) in [6.45, 7) is 6.71. The zero-order valence-electron chi connectivity index (χ0n) is 10.7. The Bertz CT molecular complexity index is 379. The predicted molar refractivity (Wildman–Crippen MR) is 69.9 cm³/mol. The number of likely N-dealkylation sites (N-methyl/N-ethyl adjacent to an activating group) is 1. The van der Waals surface area contributed by atoms with Crippen molar-refractivity contribution in [2.24, 2.45) is 0 Å². The van der Waals surface area contributed by atoms with E-state index in [-0.39, 0.29) is 5.97 Å². The molecule has 1 N–H and O–H groups in total. The van der Waals surface area contributed by atoms with Crippen LogP contribution in [0.5, 0.6) is 0 Å². The highest BCUT2D eigenvalue weighted by Crippen LogP contribution is 2.22. The molecule has 1 heterocycles. The fourth-order valence-corrected chi connectivity index (χ4v) is 2.18. The second-order valence-electron chi connectivity index (χ2n) is 3.75. The van der Waals surface area contributed by atoms with Crippen molar-refractivity contribution in [2.75, 3.05) is 39.1 Å². The first-order chi connectivity index (χ1) is 8.08. The minimum Gasteiger partial charge on any atom is -0.465 e. The molecule has 1 rings (SSSR count). The van der Waals surface area contributed by atoms with Gasteiger partial charge in [-0.25, -0.2) is 9.78 Å². The molecule has 1 aromatic rings. The summed E-state index contributed by atoms with van der Waals surface area (Å²) in [4.78, 5) is 18.4. The minimum absolute atomic E-state index is 0.321. The third kappa shape index (κ3) is 3.98. The molecule has 96 valence electrons. The van der Waals surface area contributed by atoms with Crippen LogP contribution in [0.4, 0.5) is 5.13 Å². The van der Waals surface area contributed by atoms with Gasteiger partial charge in [0.2, 0.25) is 0 Å². The number of carbonyl (C=O) groups is 1. The predicted octanol–water partition coefficient (Wildman–Crippen LogP) is 1.60. The van der Waals surface area contributed by atoms with Crippen LogP contribution in [-0.4, -0.2) is 49.6 Å². The molecule has 0 saturated heterocycles. The monoisotopic (exact) mass is 257 g/mol. The average molecular weight is 257 g/mol. The molecule has 0 unspecified atom stereocenters. The van der Waals surface area contributed by atoms with Gasteiger partial charge in [-0.2, -0.15) is 0 Å². The van der Waals surface area contributed by atoms with Crippen LogP contribution in [0.1, 0.15) is 22.3 Å². The highest BCUT2D eigenvalue weighted by molar-refractivity contribution is 7.17. The summed E-state index contributed by atoms with van der Waals surface area (Å²) < 4.78 is 4.69. The third-order valence-electron chi connectivity index (χ3n) is 2.48. The molecule has 0 radical (unpaired) electrons. The molecule has 0 aliphatic rings. The lowest BCUT2D eigenvalue weighted by Crippen LogP contribution is -2.24. The number of aromatic nitrogens is 1. The van der Waals surface area contributed by atoms with Crippen LogP contribution in [0.25, 0.3) is 0 Å². The summed E-state index contributed by atoms with van der Waals surface area (Å²) in [6.07, 6.45) is 0. The fourth-order valence-electron chi connectivity index (χ4n) is 1.27. The summed E-state index contributed by atoms with van der Waals surface area (Å²) >= 11 is 1.34. The van der Waals surface area contributed by atoms with Gasteiger partial charge in [0.05, 0.1) is 12.8 Å². The van der Waals surface area contributed by atoms with Gasteiger partial charge in [0, 0.05) is 13.1 Å². The number of carbonyl (C=O) groups excluding carboxylic acids is 1. The average Bonchev–Trinajstić information content (AvgIpc) is 2.69. The molecule has 0 aliphatic heterocycles. The summed E-state index contributed by atoms with van der Waals surface area (Å²) in [5.74, 6) is -0.321. The summed E-state index contributed by atoms with van der Waals surface area (Å²) in [7, 11) is 3.44. The van der Waals surface area contributed by atoms with Gasteiger partial charge in [0.25, 0.3) is 0 Å². The highest BCUT2D eigenvalue weighted by atomic mass is 32.1. The number of hydrogen-bond acceptors (Lipinski definition) is 6. The number of aryl methyl sites for hydroxylation is 1.